The third-order valence-corrected chi connectivity index (χ3v) is 3.33. The van der Waals surface area contributed by atoms with Crippen molar-refractivity contribution in [1.82, 2.24) is 4.57 Å². The Morgan fingerprint density at radius 2 is 1.75 bits per heavy atom. The fraction of sp³-hybridized carbons (Fsp3) is 0.250. The Morgan fingerprint density at radius 3 is 2.33 bits per heavy atom. The minimum absolute atomic E-state index is 0.192. The molecule has 0 N–H and O–H groups in total. The standard InChI is InChI=1S/C16H14F3NO4/c1-23-13-5-3-10(7-14(13)24-2)12(21)9-20-8-11(16(17,18)19)4-6-15(20)22/h3-8H,9H2,1-2H3. The van der Waals surface area contributed by atoms with Crippen LogP contribution in [0.25, 0.3) is 0 Å². The van der Waals surface area contributed by atoms with Gasteiger partial charge >= 0.3 is 6.18 Å². The topological polar surface area (TPSA) is 57.5 Å². The number of ketones is 1. The molecule has 1 heterocycles. The number of halogens is 3. The molecule has 2 aromatic rings. The van der Waals surface area contributed by atoms with Gasteiger partial charge in [-0.3, -0.25) is 9.59 Å². The lowest BCUT2D eigenvalue weighted by Gasteiger charge is -2.11. The minimum Gasteiger partial charge on any atom is -0.493 e. The third kappa shape index (κ3) is 3.76. The number of hydrogen-bond donors (Lipinski definition) is 0. The van der Waals surface area contributed by atoms with Crippen molar-refractivity contribution < 1.29 is 27.4 Å². The Bertz CT molecular complexity index is 812. The van der Waals surface area contributed by atoms with Crippen molar-refractivity contribution in [2.75, 3.05) is 14.2 Å². The monoisotopic (exact) mass is 341 g/mol. The van der Waals surface area contributed by atoms with Crippen molar-refractivity contribution in [3.8, 4) is 11.5 Å². The first-order valence-electron chi connectivity index (χ1n) is 6.79. The lowest BCUT2D eigenvalue weighted by molar-refractivity contribution is -0.138. The van der Waals surface area contributed by atoms with E-state index < -0.39 is 29.6 Å². The van der Waals surface area contributed by atoms with Gasteiger partial charge in [-0.1, -0.05) is 0 Å². The van der Waals surface area contributed by atoms with Crippen molar-refractivity contribution >= 4 is 5.78 Å². The van der Waals surface area contributed by atoms with Crippen LogP contribution in [-0.4, -0.2) is 24.6 Å². The number of ether oxygens (including phenoxy) is 2. The van der Waals surface area contributed by atoms with E-state index in [9.17, 15) is 22.8 Å². The highest BCUT2D eigenvalue weighted by molar-refractivity contribution is 5.96. The molecule has 1 aromatic carbocycles. The van der Waals surface area contributed by atoms with E-state index in [0.717, 1.165) is 10.6 Å². The Balaban J connectivity index is 2.32. The second-order valence-corrected chi connectivity index (χ2v) is 4.87. The summed E-state index contributed by atoms with van der Waals surface area (Å²) in [5, 5.41) is 0. The predicted octanol–water partition coefficient (Wildman–Crippen LogP) is 2.77. The first kappa shape index (κ1) is 17.6. The smallest absolute Gasteiger partial charge is 0.417 e. The largest absolute Gasteiger partial charge is 0.493 e. The summed E-state index contributed by atoms with van der Waals surface area (Å²) in [6.45, 7) is -0.516. The van der Waals surface area contributed by atoms with E-state index >= 15 is 0 Å². The Hall–Kier alpha value is -2.77. The molecule has 0 spiro atoms. The molecule has 0 saturated carbocycles. The number of hydrogen-bond acceptors (Lipinski definition) is 4. The maximum absolute atomic E-state index is 12.7. The zero-order chi connectivity index (χ0) is 17.9. The summed E-state index contributed by atoms with van der Waals surface area (Å²) >= 11 is 0. The maximum Gasteiger partial charge on any atom is 0.417 e. The fourth-order valence-corrected chi connectivity index (χ4v) is 2.08. The fourth-order valence-electron chi connectivity index (χ4n) is 2.08. The van der Waals surface area contributed by atoms with Crippen LogP contribution in [0.5, 0.6) is 11.5 Å². The van der Waals surface area contributed by atoms with E-state index in [4.69, 9.17) is 9.47 Å². The van der Waals surface area contributed by atoms with Crippen molar-refractivity contribution in [3.05, 3.63) is 58.0 Å². The number of methoxy groups -OCH3 is 2. The highest BCUT2D eigenvalue weighted by Gasteiger charge is 2.31. The van der Waals surface area contributed by atoms with Crippen LogP contribution in [0, 0.1) is 0 Å². The Kier molecular flexibility index (Phi) is 4.96. The molecule has 0 bridgehead atoms. The number of pyridine rings is 1. The minimum atomic E-state index is -4.60. The summed E-state index contributed by atoms with van der Waals surface area (Å²) < 4.78 is 49.0. The van der Waals surface area contributed by atoms with Crippen molar-refractivity contribution in [3.63, 3.8) is 0 Å². The summed E-state index contributed by atoms with van der Waals surface area (Å²) in [7, 11) is 2.82. The maximum atomic E-state index is 12.7. The molecule has 2 rings (SSSR count). The van der Waals surface area contributed by atoms with E-state index in [2.05, 4.69) is 0 Å². The molecular weight excluding hydrogens is 327 g/mol. The van der Waals surface area contributed by atoms with Gasteiger partial charge in [-0.25, -0.2) is 0 Å². The highest BCUT2D eigenvalue weighted by Crippen LogP contribution is 2.29. The van der Waals surface area contributed by atoms with E-state index in [-0.39, 0.29) is 5.56 Å². The molecule has 0 aliphatic carbocycles. The van der Waals surface area contributed by atoms with Gasteiger partial charge in [-0.05, 0) is 24.3 Å². The molecule has 1 aromatic heterocycles. The molecule has 0 aliphatic heterocycles. The molecule has 8 heteroatoms. The lowest BCUT2D eigenvalue weighted by atomic mass is 10.1. The van der Waals surface area contributed by atoms with Crippen LogP contribution >= 0.6 is 0 Å². The van der Waals surface area contributed by atoms with Crippen molar-refractivity contribution in [2.24, 2.45) is 0 Å². The molecule has 0 unspecified atom stereocenters. The average molecular weight is 341 g/mol. The van der Waals surface area contributed by atoms with Gasteiger partial charge in [0.25, 0.3) is 5.56 Å². The quantitative estimate of drug-likeness (QED) is 0.785. The van der Waals surface area contributed by atoms with Crippen LogP contribution in [-0.2, 0) is 12.7 Å². The molecule has 0 radical (unpaired) electrons. The molecular formula is C16H14F3NO4. The number of carbonyl (C=O) groups is 1. The third-order valence-electron chi connectivity index (χ3n) is 3.33. The summed E-state index contributed by atoms with van der Waals surface area (Å²) in [6, 6.07) is 5.81. The first-order chi connectivity index (χ1) is 11.3. The van der Waals surface area contributed by atoms with Crippen LogP contribution in [0.4, 0.5) is 13.2 Å². The van der Waals surface area contributed by atoms with Gasteiger partial charge in [0, 0.05) is 17.8 Å². The van der Waals surface area contributed by atoms with Gasteiger partial charge in [-0.2, -0.15) is 13.2 Å². The van der Waals surface area contributed by atoms with E-state index in [0.29, 0.717) is 23.8 Å². The predicted molar refractivity (Wildman–Crippen MR) is 79.6 cm³/mol. The number of nitrogens with zero attached hydrogens (tertiary/aromatic N) is 1. The molecule has 0 atom stereocenters. The molecule has 128 valence electrons. The Labute approximate surface area is 135 Å². The highest BCUT2D eigenvalue weighted by atomic mass is 19.4. The molecule has 0 amide bonds. The van der Waals surface area contributed by atoms with Crippen LogP contribution in [0.15, 0.2) is 41.3 Å². The summed E-state index contributed by atoms with van der Waals surface area (Å²) in [4.78, 5) is 23.9. The van der Waals surface area contributed by atoms with Gasteiger partial charge in [0.1, 0.15) is 0 Å². The second kappa shape index (κ2) is 6.77. The number of benzene rings is 1. The van der Waals surface area contributed by atoms with E-state index in [1.165, 1.54) is 32.4 Å². The van der Waals surface area contributed by atoms with Crippen LogP contribution < -0.4 is 15.0 Å². The molecule has 0 saturated heterocycles. The second-order valence-electron chi connectivity index (χ2n) is 4.87. The van der Waals surface area contributed by atoms with Gasteiger partial charge in [0.2, 0.25) is 0 Å². The zero-order valence-electron chi connectivity index (χ0n) is 12.9. The van der Waals surface area contributed by atoms with E-state index in [1.807, 2.05) is 0 Å². The first-order valence-corrected chi connectivity index (χ1v) is 6.79. The van der Waals surface area contributed by atoms with Crippen LogP contribution in [0.3, 0.4) is 0 Å². The summed E-state index contributed by atoms with van der Waals surface area (Å²) in [5.41, 5.74) is -1.50. The van der Waals surface area contributed by atoms with E-state index in [1.54, 1.807) is 0 Å². The lowest BCUT2D eigenvalue weighted by Crippen LogP contribution is -2.25. The SMILES string of the molecule is COc1ccc(C(=O)Cn2cc(C(F)(F)F)ccc2=O)cc1OC. The number of aromatic nitrogens is 1. The van der Waals surface area contributed by atoms with Gasteiger partial charge in [-0.15, -0.1) is 0 Å². The molecule has 0 fully saturated rings. The molecule has 5 nitrogen and oxygen atoms in total. The average Bonchev–Trinajstić information content (AvgIpc) is 2.55. The molecule has 24 heavy (non-hydrogen) atoms. The Morgan fingerprint density at radius 1 is 1.08 bits per heavy atom. The zero-order valence-corrected chi connectivity index (χ0v) is 12.9. The normalized spacial score (nSPS) is 11.2. The van der Waals surface area contributed by atoms with Gasteiger partial charge in [0.05, 0.1) is 26.3 Å². The number of rotatable bonds is 5. The summed E-state index contributed by atoms with van der Waals surface area (Å²) in [6.07, 6.45) is -3.97. The van der Waals surface area contributed by atoms with Crippen LogP contribution in [0.1, 0.15) is 15.9 Å². The number of carbonyl (C=O) groups excluding carboxylic acids is 1. The number of Topliss-reactive ketones (excluding diaryl/α,β-unsaturated/α-hetero) is 1. The van der Waals surface area contributed by atoms with Crippen molar-refractivity contribution in [1.29, 1.82) is 0 Å². The van der Waals surface area contributed by atoms with Crippen molar-refractivity contribution in [2.45, 2.75) is 12.7 Å². The van der Waals surface area contributed by atoms with Gasteiger partial charge in [0.15, 0.2) is 17.3 Å². The summed E-state index contributed by atoms with van der Waals surface area (Å²) in [5.74, 6) is 0.183. The van der Waals surface area contributed by atoms with Crippen LogP contribution in [0.2, 0.25) is 0 Å². The number of alkyl halides is 3. The van der Waals surface area contributed by atoms with Gasteiger partial charge < -0.3 is 14.0 Å². The molecule has 0 aliphatic rings.